The van der Waals surface area contributed by atoms with E-state index in [1.54, 1.807) is 38.3 Å². The van der Waals surface area contributed by atoms with Crippen molar-refractivity contribution in [2.24, 2.45) is 0 Å². The molecule has 0 bridgehead atoms. The molecule has 0 radical (unpaired) electrons. The smallest absolute Gasteiger partial charge is 0.255 e. The van der Waals surface area contributed by atoms with E-state index in [-0.39, 0.29) is 18.0 Å². The van der Waals surface area contributed by atoms with Crippen molar-refractivity contribution in [1.29, 1.82) is 0 Å². The molecule has 0 aliphatic carbocycles. The Labute approximate surface area is 128 Å². The fraction of sp³-hybridized carbons (Fsp3) is 0.250. The third kappa shape index (κ3) is 3.73. The number of amides is 1. The van der Waals surface area contributed by atoms with Gasteiger partial charge in [-0.3, -0.25) is 14.2 Å². The van der Waals surface area contributed by atoms with E-state index in [9.17, 15) is 14.7 Å². The zero-order chi connectivity index (χ0) is 16.1. The molecule has 0 aliphatic rings. The van der Waals surface area contributed by atoms with Crippen LogP contribution in [0.4, 0.5) is 0 Å². The summed E-state index contributed by atoms with van der Waals surface area (Å²) in [6, 6.07) is 9.74. The Morgan fingerprint density at radius 2 is 1.95 bits per heavy atom. The van der Waals surface area contributed by atoms with Gasteiger partial charge < -0.3 is 15.2 Å². The summed E-state index contributed by atoms with van der Waals surface area (Å²) < 4.78 is 6.46. The van der Waals surface area contributed by atoms with Gasteiger partial charge in [0.05, 0.1) is 18.8 Å². The van der Waals surface area contributed by atoms with Crippen molar-refractivity contribution >= 4 is 5.91 Å². The Hall–Kier alpha value is -2.60. The van der Waals surface area contributed by atoms with Gasteiger partial charge in [0.15, 0.2) is 0 Å². The van der Waals surface area contributed by atoms with Crippen LogP contribution in [0.5, 0.6) is 5.75 Å². The van der Waals surface area contributed by atoms with Gasteiger partial charge in [0.2, 0.25) is 0 Å². The molecule has 2 N–H and O–H groups in total. The minimum absolute atomic E-state index is 0.153. The molecule has 1 aromatic heterocycles. The molecule has 6 heteroatoms. The van der Waals surface area contributed by atoms with E-state index in [0.29, 0.717) is 17.0 Å². The Morgan fingerprint density at radius 3 is 2.55 bits per heavy atom. The number of nitrogens with one attached hydrogen (secondary N) is 1. The van der Waals surface area contributed by atoms with Crippen molar-refractivity contribution in [2.75, 3.05) is 13.7 Å². The molecule has 0 saturated heterocycles. The molecule has 2 rings (SSSR count). The van der Waals surface area contributed by atoms with Gasteiger partial charge in [-0.05, 0) is 37.3 Å². The molecule has 2 aromatic rings. The molecule has 22 heavy (non-hydrogen) atoms. The van der Waals surface area contributed by atoms with Crippen molar-refractivity contribution in [2.45, 2.75) is 13.0 Å². The number of methoxy groups -OCH3 is 1. The summed E-state index contributed by atoms with van der Waals surface area (Å²) in [5, 5.41) is 11.8. The third-order valence-corrected chi connectivity index (χ3v) is 3.08. The number of carbonyl (C=O) groups is 1. The number of aromatic nitrogens is 1. The molecule has 1 heterocycles. The first-order valence-corrected chi connectivity index (χ1v) is 6.84. The monoisotopic (exact) mass is 302 g/mol. The molecule has 6 nitrogen and oxygen atoms in total. The summed E-state index contributed by atoms with van der Waals surface area (Å²) >= 11 is 0. The van der Waals surface area contributed by atoms with E-state index in [1.165, 1.54) is 22.9 Å². The molecule has 1 amide bonds. The second kappa shape index (κ2) is 6.91. The second-order valence-corrected chi connectivity index (χ2v) is 4.88. The zero-order valence-electron chi connectivity index (χ0n) is 12.4. The SMILES string of the molecule is COc1ccc(-n2cc(C(=O)NCC(C)O)ccc2=O)cc1. The lowest BCUT2D eigenvalue weighted by Crippen LogP contribution is -2.31. The van der Waals surface area contributed by atoms with Crippen molar-refractivity contribution in [3.63, 3.8) is 0 Å². The van der Waals surface area contributed by atoms with Gasteiger partial charge in [-0.1, -0.05) is 0 Å². The van der Waals surface area contributed by atoms with Crippen molar-refractivity contribution in [3.05, 3.63) is 58.5 Å². The minimum Gasteiger partial charge on any atom is -0.497 e. The van der Waals surface area contributed by atoms with Crippen LogP contribution in [0.1, 0.15) is 17.3 Å². The van der Waals surface area contributed by atoms with Crippen LogP contribution in [0.15, 0.2) is 47.4 Å². The second-order valence-electron chi connectivity index (χ2n) is 4.88. The normalized spacial score (nSPS) is 11.8. The van der Waals surface area contributed by atoms with E-state index in [2.05, 4.69) is 5.32 Å². The maximum atomic E-state index is 12.0. The van der Waals surface area contributed by atoms with Crippen LogP contribution in [0.25, 0.3) is 5.69 Å². The van der Waals surface area contributed by atoms with Crippen LogP contribution < -0.4 is 15.6 Å². The molecular weight excluding hydrogens is 284 g/mol. The minimum atomic E-state index is -0.628. The lowest BCUT2D eigenvalue weighted by molar-refractivity contribution is 0.0923. The average molecular weight is 302 g/mol. The van der Waals surface area contributed by atoms with Crippen LogP contribution in [0.3, 0.4) is 0 Å². The van der Waals surface area contributed by atoms with Gasteiger partial charge in [-0.25, -0.2) is 0 Å². The summed E-state index contributed by atoms with van der Waals surface area (Å²) in [5.74, 6) is 0.339. The van der Waals surface area contributed by atoms with Gasteiger partial charge in [-0.2, -0.15) is 0 Å². The standard InChI is InChI=1S/C16H18N2O4/c1-11(19)9-17-16(21)12-3-8-15(20)18(10-12)13-4-6-14(22-2)7-5-13/h3-8,10-11,19H,9H2,1-2H3,(H,17,21). The molecule has 1 aromatic carbocycles. The Morgan fingerprint density at radius 1 is 1.27 bits per heavy atom. The number of benzene rings is 1. The van der Waals surface area contributed by atoms with Gasteiger partial charge in [0, 0.05) is 24.5 Å². The number of nitrogens with zero attached hydrogens (tertiary/aromatic N) is 1. The summed E-state index contributed by atoms with van der Waals surface area (Å²) in [4.78, 5) is 24.0. The van der Waals surface area contributed by atoms with Crippen molar-refractivity contribution in [3.8, 4) is 11.4 Å². The Bertz CT molecular complexity index is 705. The van der Waals surface area contributed by atoms with Gasteiger partial charge >= 0.3 is 0 Å². The topological polar surface area (TPSA) is 80.6 Å². The van der Waals surface area contributed by atoms with E-state index >= 15 is 0 Å². The van der Waals surface area contributed by atoms with Gasteiger partial charge in [0.1, 0.15) is 5.75 Å². The number of pyridine rings is 1. The molecule has 0 aliphatic heterocycles. The van der Waals surface area contributed by atoms with Crippen LogP contribution in [-0.4, -0.2) is 35.3 Å². The Kier molecular flexibility index (Phi) is 4.95. The van der Waals surface area contributed by atoms with E-state index < -0.39 is 6.10 Å². The van der Waals surface area contributed by atoms with Crippen molar-refractivity contribution < 1.29 is 14.6 Å². The van der Waals surface area contributed by atoms with Crippen LogP contribution >= 0.6 is 0 Å². The number of hydrogen-bond acceptors (Lipinski definition) is 4. The quantitative estimate of drug-likeness (QED) is 0.862. The number of ether oxygens (including phenoxy) is 1. The summed E-state index contributed by atoms with van der Waals surface area (Å²) in [6.45, 7) is 1.74. The lowest BCUT2D eigenvalue weighted by atomic mass is 10.2. The maximum Gasteiger partial charge on any atom is 0.255 e. The highest BCUT2D eigenvalue weighted by Crippen LogP contribution is 2.14. The average Bonchev–Trinajstić information content (AvgIpc) is 2.53. The summed E-state index contributed by atoms with van der Waals surface area (Å²) in [7, 11) is 1.56. The first-order chi connectivity index (χ1) is 10.5. The third-order valence-electron chi connectivity index (χ3n) is 3.08. The summed E-state index contributed by atoms with van der Waals surface area (Å²) in [5.41, 5.74) is 0.740. The molecule has 1 atom stereocenters. The first-order valence-electron chi connectivity index (χ1n) is 6.84. The number of rotatable bonds is 5. The highest BCUT2D eigenvalue weighted by atomic mass is 16.5. The molecule has 0 fully saturated rings. The highest BCUT2D eigenvalue weighted by molar-refractivity contribution is 5.93. The lowest BCUT2D eigenvalue weighted by Gasteiger charge is -2.10. The molecular formula is C16H18N2O4. The first kappa shape index (κ1) is 15.8. The fourth-order valence-corrected chi connectivity index (χ4v) is 1.91. The molecule has 0 saturated carbocycles. The maximum absolute atomic E-state index is 12.0. The number of carbonyl (C=O) groups excluding carboxylic acids is 1. The fourth-order valence-electron chi connectivity index (χ4n) is 1.91. The van der Waals surface area contributed by atoms with Crippen LogP contribution in [0, 0.1) is 0 Å². The molecule has 116 valence electrons. The largest absolute Gasteiger partial charge is 0.497 e. The summed E-state index contributed by atoms with van der Waals surface area (Å²) in [6.07, 6.45) is 0.845. The molecule has 1 unspecified atom stereocenters. The highest BCUT2D eigenvalue weighted by Gasteiger charge is 2.09. The van der Waals surface area contributed by atoms with Gasteiger partial charge in [-0.15, -0.1) is 0 Å². The number of aliphatic hydroxyl groups excluding tert-OH is 1. The number of aliphatic hydroxyl groups is 1. The predicted molar refractivity (Wildman–Crippen MR) is 82.6 cm³/mol. The Balaban J connectivity index is 2.30. The molecule has 0 spiro atoms. The van der Waals surface area contributed by atoms with Gasteiger partial charge in [0.25, 0.3) is 11.5 Å². The van der Waals surface area contributed by atoms with Crippen LogP contribution in [0.2, 0.25) is 0 Å². The zero-order valence-corrected chi connectivity index (χ0v) is 12.4. The predicted octanol–water partition coefficient (Wildman–Crippen LogP) is 0.957. The van der Waals surface area contributed by atoms with E-state index in [0.717, 1.165) is 0 Å². The van der Waals surface area contributed by atoms with Crippen molar-refractivity contribution in [1.82, 2.24) is 9.88 Å². The van der Waals surface area contributed by atoms with E-state index in [1.807, 2.05) is 0 Å². The van der Waals surface area contributed by atoms with Crippen LogP contribution in [-0.2, 0) is 0 Å². The van der Waals surface area contributed by atoms with E-state index in [4.69, 9.17) is 4.74 Å². The number of hydrogen-bond donors (Lipinski definition) is 2.